The lowest BCUT2D eigenvalue weighted by Crippen LogP contribution is -2.64. The number of carbonyl (C=O) groups is 2. The summed E-state index contributed by atoms with van der Waals surface area (Å²) in [5.74, 6) is -0.257. The van der Waals surface area contributed by atoms with E-state index in [1.165, 1.54) is 0 Å². The van der Waals surface area contributed by atoms with Crippen molar-refractivity contribution in [1.29, 1.82) is 0 Å². The van der Waals surface area contributed by atoms with E-state index in [9.17, 15) is 9.59 Å². The summed E-state index contributed by atoms with van der Waals surface area (Å²) in [5.41, 5.74) is 4.98. The largest absolute Gasteiger partial charge is 0.352 e. The van der Waals surface area contributed by atoms with Crippen LogP contribution in [0.2, 0.25) is 0 Å². The number of piperazine rings is 1. The standard InChI is InChI=1S/C12H19N3O2/c1-12(2)11(17)14-5-6-15(12)10(16)8-3-4-9(13)7-8/h3-4,8-9H,5-7,13H2,1-2H3,(H,14,17). The highest BCUT2D eigenvalue weighted by Gasteiger charge is 2.42. The third-order valence-electron chi connectivity index (χ3n) is 3.55. The van der Waals surface area contributed by atoms with Crippen molar-refractivity contribution in [2.24, 2.45) is 11.7 Å². The number of hydrogen-bond donors (Lipinski definition) is 2. The molecular formula is C12H19N3O2. The summed E-state index contributed by atoms with van der Waals surface area (Å²) in [4.78, 5) is 25.8. The number of hydrogen-bond acceptors (Lipinski definition) is 3. The van der Waals surface area contributed by atoms with Gasteiger partial charge in [0.15, 0.2) is 0 Å². The number of nitrogens with zero attached hydrogens (tertiary/aromatic N) is 1. The van der Waals surface area contributed by atoms with Crippen molar-refractivity contribution in [1.82, 2.24) is 10.2 Å². The molecule has 17 heavy (non-hydrogen) atoms. The van der Waals surface area contributed by atoms with Crippen molar-refractivity contribution in [3.05, 3.63) is 12.2 Å². The van der Waals surface area contributed by atoms with Gasteiger partial charge in [0, 0.05) is 19.1 Å². The van der Waals surface area contributed by atoms with E-state index in [0.29, 0.717) is 19.5 Å². The van der Waals surface area contributed by atoms with E-state index in [-0.39, 0.29) is 23.8 Å². The minimum absolute atomic E-state index is 0.00838. The molecule has 2 atom stereocenters. The fraction of sp³-hybridized carbons (Fsp3) is 0.667. The predicted molar refractivity (Wildman–Crippen MR) is 64.0 cm³/mol. The lowest BCUT2D eigenvalue weighted by molar-refractivity contribution is -0.151. The van der Waals surface area contributed by atoms with Gasteiger partial charge in [0.25, 0.3) is 0 Å². The van der Waals surface area contributed by atoms with Crippen molar-refractivity contribution < 1.29 is 9.59 Å². The molecule has 3 N–H and O–H groups in total. The topological polar surface area (TPSA) is 75.4 Å². The molecule has 2 amide bonds. The molecule has 1 aliphatic carbocycles. The first-order valence-electron chi connectivity index (χ1n) is 5.96. The molecule has 0 spiro atoms. The van der Waals surface area contributed by atoms with Crippen molar-refractivity contribution >= 4 is 11.8 Å². The Balaban J connectivity index is 2.13. The zero-order chi connectivity index (χ0) is 12.6. The summed E-state index contributed by atoms with van der Waals surface area (Å²) >= 11 is 0. The number of carbonyl (C=O) groups excluding carboxylic acids is 2. The lowest BCUT2D eigenvalue weighted by atomic mass is 9.95. The van der Waals surface area contributed by atoms with Gasteiger partial charge in [-0.2, -0.15) is 0 Å². The van der Waals surface area contributed by atoms with E-state index in [4.69, 9.17) is 5.73 Å². The van der Waals surface area contributed by atoms with E-state index in [0.717, 1.165) is 0 Å². The first kappa shape index (κ1) is 12.1. The van der Waals surface area contributed by atoms with E-state index >= 15 is 0 Å². The van der Waals surface area contributed by atoms with Crippen LogP contribution in [-0.4, -0.2) is 41.4 Å². The Hall–Kier alpha value is -1.36. The van der Waals surface area contributed by atoms with Crippen LogP contribution in [-0.2, 0) is 9.59 Å². The Bertz CT molecular complexity index is 376. The van der Waals surface area contributed by atoms with Crippen LogP contribution >= 0.6 is 0 Å². The molecule has 0 radical (unpaired) electrons. The van der Waals surface area contributed by atoms with E-state index < -0.39 is 5.54 Å². The average molecular weight is 237 g/mol. The van der Waals surface area contributed by atoms with Crippen LogP contribution in [0.4, 0.5) is 0 Å². The molecule has 1 saturated heterocycles. The van der Waals surface area contributed by atoms with Gasteiger partial charge in [-0.1, -0.05) is 12.2 Å². The minimum atomic E-state index is -0.768. The van der Waals surface area contributed by atoms with Gasteiger partial charge in [0.1, 0.15) is 5.54 Å². The molecule has 2 unspecified atom stereocenters. The Morgan fingerprint density at radius 2 is 2.24 bits per heavy atom. The van der Waals surface area contributed by atoms with E-state index in [1.54, 1.807) is 18.7 Å². The molecule has 0 aromatic rings. The van der Waals surface area contributed by atoms with Crippen LogP contribution in [0.15, 0.2) is 12.2 Å². The van der Waals surface area contributed by atoms with Gasteiger partial charge in [-0.25, -0.2) is 0 Å². The SMILES string of the molecule is CC1(C)C(=O)NCCN1C(=O)C1C=CC(N)C1. The maximum absolute atomic E-state index is 12.3. The molecule has 94 valence electrons. The van der Waals surface area contributed by atoms with E-state index in [2.05, 4.69) is 5.32 Å². The molecule has 5 heteroatoms. The second-order valence-corrected chi connectivity index (χ2v) is 5.20. The van der Waals surface area contributed by atoms with Crippen molar-refractivity contribution in [3.8, 4) is 0 Å². The monoisotopic (exact) mass is 237 g/mol. The van der Waals surface area contributed by atoms with Crippen molar-refractivity contribution in [2.75, 3.05) is 13.1 Å². The highest BCUT2D eigenvalue weighted by molar-refractivity contribution is 5.93. The smallest absolute Gasteiger partial charge is 0.245 e. The van der Waals surface area contributed by atoms with Gasteiger partial charge in [0.05, 0.1) is 5.92 Å². The first-order chi connectivity index (χ1) is 7.93. The maximum Gasteiger partial charge on any atom is 0.245 e. The quantitative estimate of drug-likeness (QED) is 0.611. The van der Waals surface area contributed by atoms with Crippen LogP contribution in [0.5, 0.6) is 0 Å². The molecule has 0 saturated carbocycles. The Labute approximate surface area is 101 Å². The average Bonchev–Trinajstić information content (AvgIpc) is 2.68. The summed E-state index contributed by atoms with van der Waals surface area (Å²) < 4.78 is 0. The van der Waals surface area contributed by atoms with E-state index in [1.807, 2.05) is 12.2 Å². The van der Waals surface area contributed by atoms with Gasteiger partial charge >= 0.3 is 0 Å². The fourth-order valence-electron chi connectivity index (χ4n) is 2.40. The first-order valence-corrected chi connectivity index (χ1v) is 5.96. The second-order valence-electron chi connectivity index (χ2n) is 5.20. The maximum atomic E-state index is 12.3. The highest BCUT2D eigenvalue weighted by atomic mass is 16.2. The van der Waals surface area contributed by atoms with Crippen LogP contribution in [0.1, 0.15) is 20.3 Å². The molecule has 0 bridgehead atoms. The van der Waals surface area contributed by atoms with Crippen LogP contribution in [0, 0.1) is 5.92 Å². The normalized spacial score (nSPS) is 31.5. The third kappa shape index (κ3) is 2.07. The van der Waals surface area contributed by atoms with Crippen LogP contribution in [0.3, 0.4) is 0 Å². The number of nitrogens with two attached hydrogens (primary N) is 1. The Kier molecular flexibility index (Phi) is 2.95. The summed E-state index contributed by atoms with van der Waals surface area (Å²) in [5, 5.41) is 2.78. The van der Waals surface area contributed by atoms with Gasteiger partial charge in [-0.15, -0.1) is 0 Å². The van der Waals surface area contributed by atoms with Crippen molar-refractivity contribution in [3.63, 3.8) is 0 Å². The highest BCUT2D eigenvalue weighted by Crippen LogP contribution is 2.25. The predicted octanol–water partition coefficient (Wildman–Crippen LogP) is -0.373. The zero-order valence-electron chi connectivity index (χ0n) is 10.3. The molecule has 1 aliphatic heterocycles. The summed E-state index contributed by atoms with van der Waals surface area (Å²) in [7, 11) is 0. The minimum Gasteiger partial charge on any atom is -0.352 e. The molecule has 2 aliphatic rings. The molecule has 0 aromatic heterocycles. The molecule has 2 rings (SSSR count). The number of nitrogens with one attached hydrogen (secondary N) is 1. The second kappa shape index (κ2) is 4.14. The third-order valence-corrected chi connectivity index (χ3v) is 3.55. The molecular weight excluding hydrogens is 218 g/mol. The summed E-state index contributed by atoms with van der Waals surface area (Å²) in [6.07, 6.45) is 4.36. The van der Waals surface area contributed by atoms with Gasteiger partial charge in [0.2, 0.25) is 11.8 Å². The van der Waals surface area contributed by atoms with Crippen molar-refractivity contribution in [2.45, 2.75) is 31.8 Å². The molecule has 1 fully saturated rings. The molecule has 1 heterocycles. The number of amides is 2. The molecule has 5 nitrogen and oxygen atoms in total. The lowest BCUT2D eigenvalue weighted by Gasteiger charge is -2.42. The zero-order valence-corrected chi connectivity index (χ0v) is 10.3. The van der Waals surface area contributed by atoms with Gasteiger partial charge in [-0.05, 0) is 20.3 Å². The summed E-state index contributed by atoms with van der Waals surface area (Å²) in [6, 6.07) is -0.0364. The molecule has 0 aromatic carbocycles. The summed E-state index contributed by atoms with van der Waals surface area (Å²) in [6.45, 7) is 4.64. The van der Waals surface area contributed by atoms with Crippen LogP contribution in [0.25, 0.3) is 0 Å². The van der Waals surface area contributed by atoms with Gasteiger partial charge in [-0.3, -0.25) is 9.59 Å². The number of rotatable bonds is 1. The van der Waals surface area contributed by atoms with Crippen LogP contribution < -0.4 is 11.1 Å². The Morgan fingerprint density at radius 3 is 2.82 bits per heavy atom. The fourth-order valence-corrected chi connectivity index (χ4v) is 2.40. The Morgan fingerprint density at radius 1 is 1.53 bits per heavy atom. The van der Waals surface area contributed by atoms with Gasteiger partial charge < -0.3 is 16.0 Å².